The maximum atomic E-state index is 10.5. The lowest BCUT2D eigenvalue weighted by atomic mass is 9.98. The van der Waals surface area contributed by atoms with Gasteiger partial charge in [0.05, 0.1) is 12.3 Å². The Balaban J connectivity index is 1.39. The van der Waals surface area contributed by atoms with Crippen LogP contribution in [0.2, 0.25) is 0 Å². The van der Waals surface area contributed by atoms with Gasteiger partial charge in [0.15, 0.2) is 0 Å². The molecule has 21 heavy (non-hydrogen) atoms. The van der Waals surface area contributed by atoms with E-state index >= 15 is 0 Å². The molecule has 0 bridgehead atoms. The van der Waals surface area contributed by atoms with Crippen LogP contribution in [0.25, 0.3) is 0 Å². The molecule has 3 aliphatic rings. The van der Waals surface area contributed by atoms with Crippen LogP contribution in [0.1, 0.15) is 44.2 Å². The van der Waals surface area contributed by atoms with Gasteiger partial charge in [-0.2, -0.15) is 0 Å². The van der Waals surface area contributed by atoms with Crippen molar-refractivity contribution in [2.45, 2.75) is 44.1 Å². The molecule has 0 aromatic carbocycles. The third kappa shape index (κ3) is 2.67. The van der Waals surface area contributed by atoms with Crippen LogP contribution in [0, 0.1) is 11.3 Å². The van der Waals surface area contributed by atoms with E-state index in [0.29, 0.717) is 19.6 Å². The van der Waals surface area contributed by atoms with E-state index in [-0.39, 0.29) is 0 Å². The van der Waals surface area contributed by atoms with Crippen molar-refractivity contribution in [2.75, 3.05) is 25.1 Å². The summed E-state index contributed by atoms with van der Waals surface area (Å²) in [5.41, 5.74) is 0.566. The highest BCUT2D eigenvalue weighted by atomic mass is 16.5. The summed E-state index contributed by atoms with van der Waals surface area (Å²) in [7, 11) is 0. The van der Waals surface area contributed by atoms with Gasteiger partial charge in [0.25, 0.3) is 0 Å². The average Bonchev–Trinajstić information content (AvgIpc) is 2.92. The lowest BCUT2D eigenvalue weighted by molar-refractivity contribution is 0.0195. The second-order valence-corrected chi connectivity index (χ2v) is 7.23. The van der Waals surface area contributed by atoms with Gasteiger partial charge in [-0.05, 0) is 55.6 Å². The fourth-order valence-electron chi connectivity index (χ4n) is 3.93. The molecule has 2 N–H and O–H groups in total. The van der Waals surface area contributed by atoms with Gasteiger partial charge in [-0.25, -0.2) is 4.98 Å². The molecule has 2 unspecified atom stereocenters. The van der Waals surface area contributed by atoms with Gasteiger partial charge in [-0.1, -0.05) is 6.07 Å². The van der Waals surface area contributed by atoms with Crippen LogP contribution in [-0.2, 0) is 10.3 Å². The van der Waals surface area contributed by atoms with Crippen molar-refractivity contribution in [2.24, 2.45) is 11.3 Å². The van der Waals surface area contributed by atoms with Crippen LogP contribution in [-0.4, -0.2) is 29.8 Å². The van der Waals surface area contributed by atoms with Crippen LogP contribution >= 0.6 is 0 Å². The largest absolute Gasteiger partial charge is 0.381 e. The van der Waals surface area contributed by atoms with Crippen molar-refractivity contribution >= 4 is 5.82 Å². The number of aliphatic hydroxyl groups is 1. The minimum atomic E-state index is -0.900. The van der Waals surface area contributed by atoms with Gasteiger partial charge < -0.3 is 15.2 Å². The minimum absolute atomic E-state index is 0.356. The third-order valence-corrected chi connectivity index (χ3v) is 5.56. The van der Waals surface area contributed by atoms with Gasteiger partial charge in [0.2, 0.25) is 0 Å². The van der Waals surface area contributed by atoms with Gasteiger partial charge in [0, 0.05) is 19.6 Å². The molecule has 1 aromatic rings. The molecule has 2 atom stereocenters. The molecule has 1 aromatic heterocycles. The Bertz CT molecular complexity index is 521. The minimum Gasteiger partial charge on any atom is -0.381 e. The molecule has 1 aliphatic heterocycles. The number of ether oxygens (including phenoxy) is 1. The molecule has 4 heteroatoms. The molecular weight excluding hydrogens is 264 g/mol. The van der Waals surface area contributed by atoms with Gasteiger partial charge in [-0.15, -0.1) is 0 Å². The Labute approximate surface area is 125 Å². The molecule has 2 heterocycles. The molecule has 2 saturated carbocycles. The molecule has 4 nitrogen and oxygen atoms in total. The van der Waals surface area contributed by atoms with E-state index in [1.54, 1.807) is 0 Å². The lowest BCUT2D eigenvalue weighted by Crippen LogP contribution is -2.27. The van der Waals surface area contributed by atoms with E-state index in [1.807, 2.05) is 18.2 Å². The Hall–Kier alpha value is -1.13. The molecule has 2 aliphatic carbocycles. The zero-order valence-corrected chi connectivity index (χ0v) is 12.5. The fourth-order valence-corrected chi connectivity index (χ4v) is 3.93. The normalized spacial score (nSPS) is 33.5. The molecule has 1 saturated heterocycles. The van der Waals surface area contributed by atoms with E-state index in [0.717, 1.165) is 29.4 Å². The smallest absolute Gasteiger partial charge is 0.132 e. The molecule has 4 rings (SSSR count). The summed E-state index contributed by atoms with van der Waals surface area (Å²) in [6.07, 6.45) is 7.69. The number of hydrogen-bond acceptors (Lipinski definition) is 4. The predicted molar refractivity (Wildman–Crippen MR) is 81.1 cm³/mol. The summed E-state index contributed by atoms with van der Waals surface area (Å²) in [6, 6.07) is 5.86. The highest BCUT2D eigenvalue weighted by Crippen LogP contribution is 2.59. The number of nitrogens with zero attached hydrogens (tertiary/aromatic N) is 1. The Morgan fingerprint density at radius 2 is 2.19 bits per heavy atom. The van der Waals surface area contributed by atoms with Crippen molar-refractivity contribution in [3.8, 4) is 0 Å². The second-order valence-electron chi connectivity index (χ2n) is 7.23. The first-order valence-corrected chi connectivity index (χ1v) is 8.19. The zero-order valence-electron chi connectivity index (χ0n) is 12.5. The molecular formula is C17H24N2O2. The van der Waals surface area contributed by atoms with E-state index in [2.05, 4.69) is 10.3 Å². The number of rotatable bonds is 4. The molecule has 3 fully saturated rings. The molecule has 1 spiro atoms. The number of aromatic nitrogens is 1. The van der Waals surface area contributed by atoms with Gasteiger partial charge >= 0.3 is 0 Å². The Morgan fingerprint density at radius 3 is 2.90 bits per heavy atom. The maximum absolute atomic E-state index is 10.5. The summed E-state index contributed by atoms with van der Waals surface area (Å²) in [6.45, 7) is 1.97. The summed E-state index contributed by atoms with van der Waals surface area (Å²) in [5, 5.41) is 14.0. The van der Waals surface area contributed by atoms with Crippen molar-refractivity contribution in [1.82, 2.24) is 4.98 Å². The zero-order chi connectivity index (χ0) is 14.3. The van der Waals surface area contributed by atoms with Crippen molar-refractivity contribution in [3.05, 3.63) is 23.9 Å². The van der Waals surface area contributed by atoms with Crippen molar-refractivity contribution in [3.63, 3.8) is 0 Å². The Morgan fingerprint density at radius 1 is 1.29 bits per heavy atom. The summed E-state index contributed by atoms with van der Waals surface area (Å²) < 4.78 is 5.32. The van der Waals surface area contributed by atoms with Crippen molar-refractivity contribution in [1.29, 1.82) is 0 Å². The molecule has 114 valence electrons. The van der Waals surface area contributed by atoms with Gasteiger partial charge in [0.1, 0.15) is 11.4 Å². The topological polar surface area (TPSA) is 54.4 Å². The van der Waals surface area contributed by atoms with Crippen LogP contribution < -0.4 is 5.32 Å². The maximum Gasteiger partial charge on any atom is 0.132 e. The second kappa shape index (κ2) is 4.96. The van der Waals surface area contributed by atoms with Crippen molar-refractivity contribution < 1.29 is 9.84 Å². The number of nitrogens with one attached hydrogen (secondary N) is 1. The van der Waals surface area contributed by atoms with E-state index in [9.17, 15) is 5.11 Å². The van der Waals surface area contributed by atoms with E-state index in [1.165, 1.54) is 32.1 Å². The Kier molecular flexibility index (Phi) is 3.19. The van der Waals surface area contributed by atoms with E-state index < -0.39 is 5.60 Å². The SMILES string of the molecule is OC1(c2cccc(NCC3CCC4(CC4)C3)n2)CCOC1. The fraction of sp³-hybridized carbons (Fsp3) is 0.706. The van der Waals surface area contributed by atoms with Gasteiger partial charge in [-0.3, -0.25) is 0 Å². The standard InChI is InChI=1S/C17H24N2O2/c20-17(8-9-21-12-17)14-2-1-3-15(19-14)18-11-13-4-5-16(10-13)6-7-16/h1-3,13,20H,4-12H2,(H,18,19). The first-order chi connectivity index (χ1) is 10.2. The average molecular weight is 288 g/mol. The summed E-state index contributed by atoms with van der Waals surface area (Å²) >= 11 is 0. The highest BCUT2D eigenvalue weighted by Gasteiger charge is 2.47. The highest BCUT2D eigenvalue weighted by molar-refractivity contribution is 5.37. The first kappa shape index (κ1) is 13.5. The number of hydrogen-bond donors (Lipinski definition) is 2. The summed E-state index contributed by atoms with van der Waals surface area (Å²) in [4.78, 5) is 4.60. The van der Waals surface area contributed by atoms with Crippen LogP contribution in [0.15, 0.2) is 18.2 Å². The number of pyridine rings is 1. The predicted octanol–water partition coefficient (Wildman–Crippen LogP) is 2.68. The van der Waals surface area contributed by atoms with Crippen LogP contribution in [0.4, 0.5) is 5.82 Å². The lowest BCUT2D eigenvalue weighted by Gasteiger charge is -2.20. The molecule has 0 radical (unpaired) electrons. The third-order valence-electron chi connectivity index (χ3n) is 5.56. The molecule has 0 amide bonds. The summed E-state index contributed by atoms with van der Waals surface area (Å²) in [5.74, 6) is 1.67. The van der Waals surface area contributed by atoms with Crippen LogP contribution in [0.3, 0.4) is 0 Å². The van der Waals surface area contributed by atoms with Crippen LogP contribution in [0.5, 0.6) is 0 Å². The van der Waals surface area contributed by atoms with E-state index in [4.69, 9.17) is 4.74 Å². The monoisotopic (exact) mass is 288 g/mol. The number of anilines is 1. The first-order valence-electron chi connectivity index (χ1n) is 8.19. The quantitative estimate of drug-likeness (QED) is 0.894.